The third kappa shape index (κ3) is 4.54. The minimum atomic E-state index is -3.74. The van der Waals surface area contributed by atoms with Gasteiger partial charge >= 0.3 is 0 Å². The molecule has 0 radical (unpaired) electrons. The van der Waals surface area contributed by atoms with Gasteiger partial charge in [-0.1, -0.05) is 18.5 Å². The SMILES string of the molecule is CC(C)Oc1ccc(NC(=O)c2ccc(N3C(=O)[C@H](C)CS3(=O)=O)cc2Cl)cc1. The fraction of sp³-hybridized carbons (Fsp3) is 0.300. The van der Waals surface area contributed by atoms with E-state index in [1.807, 2.05) is 13.8 Å². The maximum absolute atomic E-state index is 12.5. The molecule has 3 rings (SSSR count). The van der Waals surface area contributed by atoms with Crippen molar-refractivity contribution in [3.63, 3.8) is 0 Å². The van der Waals surface area contributed by atoms with Crippen LogP contribution in [0.5, 0.6) is 5.75 Å². The van der Waals surface area contributed by atoms with E-state index in [2.05, 4.69) is 5.32 Å². The van der Waals surface area contributed by atoms with Crippen LogP contribution < -0.4 is 14.4 Å². The van der Waals surface area contributed by atoms with Gasteiger partial charge < -0.3 is 10.1 Å². The van der Waals surface area contributed by atoms with E-state index in [0.29, 0.717) is 11.4 Å². The molecule has 1 aliphatic rings. The van der Waals surface area contributed by atoms with E-state index < -0.39 is 27.8 Å². The van der Waals surface area contributed by atoms with Gasteiger partial charge in [0.1, 0.15) is 5.75 Å². The number of ether oxygens (including phenoxy) is 1. The maximum atomic E-state index is 12.5. The Morgan fingerprint density at radius 3 is 2.38 bits per heavy atom. The van der Waals surface area contributed by atoms with Crippen LogP contribution in [0.25, 0.3) is 0 Å². The largest absolute Gasteiger partial charge is 0.491 e. The van der Waals surface area contributed by atoms with Crippen molar-refractivity contribution in [3.05, 3.63) is 53.1 Å². The standard InChI is InChI=1S/C20H21ClN2O5S/c1-12(2)28-16-7-4-14(5-8-16)22-19(24)17-9-6-15(10-18(17)21)23-20(25)13(3)11-29(23,26)27/h4-10,12-13H,11H2,1-3H3,(H,22,24)/t13-/m1/s1. The quantitative estimate of drug-likeness (QED) is 0.771. The summed E-state index contributed by atoms with van der Waals surface area (Å²) in [6.07, 6.45) is 0.0436. The van der Waals surface area contributed by atoms with Crippen LogP contribution in [0.15, 0.2) is 42.5 Å². The van der Waals surface area contributed by atoms with E-state index in [1.165, 1.54) is 18.2 Å². The highest BCUT2D eigenvalue weighted by Crippen LogP contribution is 2.31. The molecule has 0 saturated carbocycles. The van der Waals surface area contributed by atoms with Crippen LogP contribution in [0.2, 0.25) is 5.02 Å². The summed E-state index contributed by atoms with van der Waals surface area (Å²) in [6.45, 7) is 5.40. The fourth-order valence-corrected chi connectivity index (χ4v) is 5.06. The van der Waals surface area contributed by atoms with Crippen molar-refractivity contribution in [2.45, 2.75) is 26.9 Å². The number of carbonyl (C=O) groups is 2. The molecule has 9 heteroatoms. The Balaban J connectivity index is 1.78. The lowest BCUT2D eigenvalue weighted by Crippen LogP contribution is -2.30. The first-order valence-corrected chi connectivity index (χ1v) is 11.0. The number of anilines is 2. The lowest BCUT2D eigenvalue weighted by Gasteiger charge is -2.16. The van der Waals surface area contributed by atoms with E-state index in [-0.39, 0.29) is 28.1 Å². The molecular weight excluding hydrogens is 416 g/mol. The summed E-state index contributed by atoms with van der Waals surface area (Å²) in [5, 5.41) is 2.77. The Kier molecular flexibility index (Phi) is 5.86. The lowest BCUT2D eigenvalue weighted by atomic mass is 10.1. The van der Waals surface area contributed by atoms with E-state index >= 15 is 0 Å². The van der Waals surface area contributed by atoms with Crippen molar-refractivity contribution in [2.75, 3.05) is 15.4 Å². The molecular formula is C20H21ClN2O5S. The van der Waals surface area contributed by atoms with E-state index in [0.717, 1.165) is 4.31 Å². The number of nitrogens with zero attached hydrogens (tertiary/aromatic N) is 1. The van der Waals surface area contributed by atoms with Crippen LogP contribution in [0.1, 0.15) is 31.1 Å². The Morgan fingerprint density at radius 1 is 1.21 bits per heavy atom. The topological polar surface area (TPSA) is 92.8 Å². The second-order valence-electron chi connectivity index (χ2n) is 7.09. The molecule has 1 atom stereocenters. The molecule has 7 nitrogen and oxygen atoms in total. The molecule has 1 saturated heterocycles. The normalized spacial score (nSPS) is 18.2. The third-order valence-corrected chi connectivity index (χ3v) is 6.46. The van der Waals surface area contributed by atoms with Gasteiger partial charge in [-0.3, -0.25) is 9.59 Å². The number of hydrogen-bond acceptors (Lipinski definition) is 5. The highest BCUT2D eigenvalue weighted by molar-refractivity contribution is 7.94. The van der Waals surface area contributed by atoms with Crippen LogP contribution in [0, 0.1) is 5.92 Å². The Labute approximate surface area is 174 Å². The Hall–Kier alpha value is -2.58. The van der Waals surface area contributed by atoms with Crippen LogP contribution >= 0.6 is 11.6 Å². The first-order valence-electron chi connectivity index (χ1n) is 9.03. The van der Waals surface area contributed by atoms with Gasteiger partial charge in [-0.15, -0.1) is 0 Å². The summed E-state index contributed by atoms with van der Waals surface area (Å²) >= 11 is 6.22. The molecule has 0 spiro atoms. The van der Waals surface area contributed by atoms with Gasteiger partial charge in [-0.25, -0.2) is 12.7 Å². The zero-order valence-electron chi connectivity index (χ0n) is 16.2. The summed E-state index contributed by atoms with van der Waals surface area (Å²) in [5.41, 5.74) is 0.837. The van der Waals surface area contributed by atoms with Crippen LogP contribution in [-0.2, 0) is 14.8 Å². The van der Waals surface area contributed by atoms with E-state index in [1.54, 1.807) is 31.2 Å². The van der Waals surface area contributed by atoms with Crippen molar-refractivity contribution in [1.29, 1.82) is 0 Å². The average molecular weight is 437 g/mol. The highest BCUT2D eigenvalue weighted by Gasteiger charge is 2.42. The number of benzene rings is 2. The Bertz CT molecular complexity index is 1050. The van der Waals surface area contributed by atoms with Crippen LogP contribution in [-0.4, -0.2) is 32.1 Å². The van der Waals surface area contributed by atoms with Gasteiger partial charge in [0.15, 0.2) is 0 Å². The van der Waals surface area contributed by atoms with Gasteiger partial charge in [-0.2, -0.15) is 0 Å². The molecule has 154 valence electrons. The minimum absolute atomic E-state index is 0.0436. The van der Waals surface area contributed by atoms with Crippen molar-refractivity contribution >= 4 is 44.8 Å². The van der Waals surface area contributed by atoms with Gasteiger partial charge in [0, 0.05) is 5.69 Å². The third-order valence-electron chi connectivity index (χ3n) is 4.28. The lowest BCUT2D eigenvalue weighted by molar-refractivity contribution is -0.119. The fourth-order valence-electron chi connectivity index (χ4n) is 2.99. The van der Waals surface area contributed by atoms with Gasteiger partial charge in [-0.05, 0) is 56.3 Å². The molecule has 2 amide bonds. The van der Waals surface area contributed by atoms with Crippen molar-refractivity contribution < 1.29 is 22.7 Å². The number of carbonyl (C=O) groups excluding carboxylic acids is 2. The Morgan fingerprint density at radius 2 is 1.86 bits per heavy atom. The molecule has 0 aliphatic carbocycles. The summed E-state index contributed by atoms with van der Waals surface area (Å²) in [6, 6.07) is 11.0. The number of nitrogens with one attached hydrogen (secondary N) is 1. The van der Waals surface area contributed by atoms with Crippen LogP contribution in [0.3, 0.4) is 0 Å². The predicted molar refractivity (Wildman–Crippen MR) is 112 cm³/mol. The van der Waals surface area contributed by atoms with E-state index in [9.17, 15) is 18.0 Å². The first-order chi connectivity index (χ1) is 13.6. The number of amides is 2. The predicted octanol–water partition coefficient (Wildman–Crippen LogP) is 3.69. The summed E-state index contributed by atoms with van der Waals surface area (Å²) in [7, 11) is -3.74. The molecule has 1 N–H and O–H groups in total. The van der Waals surface area contributed by atoms with Gasteiger partial charge in [0.25, 0.3) is 5.91 Å². The average Bonchev–Trinajstić information content (AvgIpc) is 2.83. The second kappa shape index (κ2) is 8.04. The zero-order chi connectivity index (χ0) is 21.3. The molecule has 0 aromatic heterocycles. The second-order valence-corrected chi connectivity index (χ2v) is 9.36. The molecule has 0 unspecified atom stereocenters. The van der Waals surface area contributed by atoms with Crippen LogP contribution in [0.4, 0.5) is 11.4 Å². The van der Waals surface area contributed by atoms with Gasteiger partial charge in [0.05, 0.1) is 34.0 Å². The molecule has 2 aromatic rings. The summed E-state index contributed by atoms with van der Waals surface area (Å²) in [5.74, 6) is -1.15. The monoisotopic (exact) mass is 436 g/mol. The smallest absolute Gasteiger partial charge is 0.257 e. The number of hydrogen-bond donors (Lipinski definition) is 1. The minimum Gasteiger partial charge on any atom is -0.491 e. The molecule has 29 heavy (non-hydrogen) atoms. The maximum Gasteiger partial charge on any atom is 0.257 e. The first kappa shape index (κ1) is 21.1. The van der Waals surface area contributed by atoms with Crippen molar-refractivity contribution in [1.82, 2.24) is 0 Å². The molecule has 2 aromatic carbocycles. The number of rotatable bonds is 5. The molecule has 0 bridgehead atoms. The van der Waals surface area contributed by atoms with Crippen molar-refractivity contribution in [3.8, 4) is 5.75 Å². The number of sulfonamides is 1. The van der Waals surface area contributed by atoms with Gasteiger partial charge in [0.2, 0.25) is 15.9 Å². The molecule has 1 fully saturated rings. The van der Waals surface area contributed by atoms with Crippen molar-refractivity contribution in [2.24, 2.45) is 5.92 Å². The molecule has 1 heterocycles. The zero-order valence-corrected chi connectivity index (χ0v) is 17.8. The molecule has 1 aliphatic heterocycles. The van der Waals surface area contributed by atoms with E-state index in [4.69, 9.17) is 16.3 Å². The highest BCUT2D eigenvalue weighted by atomic mass is 35.5. The summed E-state index contributed by atoms with van der Waals surface area (Å²) < 4.78 is 30.7. The number of halogens is 1. The summed E-state index contributed by atoms with van der Waals surface area (Å²) in [4.78, 5) is 24.7.